The van der Waals surface area contributed by atoms with Crippen LogP contribution in [0.5, 0.6) is 0 Å². The van der Waals surface area contributed by atoms with E-state index in [9.17, 15) is 9.59 Å². The first kappa shape index (κ1) is 11.4. The highest BCUT2D eigenvalue weighted by atomic mass is 79.9. The number of carboxylic acid groups (broad SMARTS) is 2. The van der Waals surface area contributed by atoms with E-state index in [1.54, 1.807) is 0 Å². The van der Waals surface area contributed by atoms with Crippen LogP contribution in [0.1, 0.15) is 6.42 Å². The molecule has 0 heterocycles. The highest BCUT2D eigenvalue weighted by molar-refractivity contribution is 9.12. The number of carbonyl (C=O) groups is 2. The summed E-state index contributed by atoms with van der Waals surface area (Å²) in [5.41, 5.74) is 0. The number of carboxylic acids is 2. The van der Waals surface area contributed by atoms with Crippen molar-refractivity contribution in [1.82, 2.24) is 0 Å². The SMILES string of the molecule is O=C(O)[C@@H]1[C@H]2C[C@@H]([C@@H](Br)[C@H]2Br)[C@H]1C(=O)O. The van der Waals surface area contributed by atoms with Crippen LogP contribution >= 0.6 is 31.9 Å². The lowest BCUT2D eigenvalue weighted by Crippen LogP contribution is -2.43. The molecule has 0 aliphatic heterocycles. The fourth-order valence-electron chi connectivity index (χ4n) is 2.94. The van der Waals surface area contributed by atoms with E-state index in [4.69, 9.17) is 10.2 Å². The minimum atomic E-state index is -0.987. The molecular weight excluding hydrogens is 332 g/mol. The monoisotopic (exact) mass is 340 g/mol. The standard InChI is InChI=1S/C9H10Br2O4/c10-6-2-1-3(7(6)11)5(9(14)15)4(2)8(12)13/h2-7H,1H2,(H,12,13)(H,14,15)/t2-,3-,4-,5-,6-,7+/m1/s1. The van der Waals surface area contributed by atoms with E-state index >= 15 is 0 Å². The molecule has 0 unspecified atom stereocenters. The summed E-state index contributed by atoms with van der Waals surface area (Å²) in [4.78, 5) is 22.3. The van der Waals surface area contributed by atoms with Crippen molar-refractivity contribution in [1.29, 1.82) is 0 Å². The second-order valence-electron chi connectivity index (χ2n) is 4.18. The van der Waals surface area contributed by atoms with Gasteiger partial charge in [-0.25, -0.2) is 0 Å². The maximum atomic E-state index is 11.1. The van der Waals surface area contributed by atoms with Gasteiger partial charge in [0.25, 0.3) is 0 Å². The molecule has 0 saturated heterocycles. The lowest BCUT2D eigenvalue weighted by molar-refractivity contribution is -0.155. The van der Waals surface area contributed by atoms with Crippen LogP contribution in [0.25, 0.3) is 0 Å². The number of fused-ring (bicyclic) bond motifs is 2. The molecule has 4 nitrogen and oxygen atoms in total. The van der Waals surface area contributed by atoms with Gasteiger partial charge >= 0.3 is 11.9 Å². The van der Waals surface area contributed by atoms with Crippen molar-refractivity contribution in [2.24, 2.45) is 23.7 Å². The van der Waals surface area contributed by atoms with Crippen molar-refractivity contribution in [3.63, 3.8) is 0 Å². The van der Waals surface area contributed by atoms with Crippen LogP contribution in [0.15, 0.2) is 0 Å². The normalized spacial score (nSPS) is 48.1. The fourth-order valence-corrected chi connectivity index (χ4v) is 4.82. The lowest BCUT2D eigenvalue weighted by atomic mass is 9.79. The minimum Gasteiger partial charge on any atom is -0.481 e. The third kappa shape index (κ3) is 1.53. The molecule has 0 radical (unpaired) electrons. The van der Waals surface area contributed by atoms with Crippen LogP contribution in [0.4, 0.5) is 0 Å². The highest BCUT2D eigenvalue weighted by Crippen LogP contribution is 2.57. The molecular formula is C9H10Br2O4. The lowest BCUT2D eigenvalue weighted by Gasteiger charge is -2.31. The van der Waals surface area contributed by atoms with Gasteiger partial charge in [0, 0.05) is 9.65 Å². The van der Waals surface area contributed by atoms with E-state index in [-0.39, 0.29) is 21.5 Å². The molecule has 0 aromatic heterocycles. The van der Waals surface area contributed by atoms with Crippen LogP contribution < -0.4 is 0 Å². The zero-order valence-electron chi connectivity index (χ0n) is 7.64. The predicted molar refractivity (Wildman–Crippen MR) is 59.3 cm³/mol. The van der Waals surface area contributed by atoms with Crippen molar-refractivity contribution in [3.8, 4) is 0 Å². The summed E-state index contributed by atoms with van der Waals surface area (Å²) in [5, 5.41) is 18.1. The second kappa shape index (κ2) is 3.73. The van der Waals surface area contributed by atoms with Crippen molar-refractivity contribution < 1.29 is 19.8 Å². The van der Waals surface area contributed by atoms with Gasteiger partial charge in [0.15, 0.2) is 0 Å². The van der Waals surface area contributed by atoms with Gasteiger partial charge < -0.3 is 10.2 Å². The summed E-state index contributed by atoms with van der Waals surface area (Å²) in [7, 11) is 0. The van der Waals surface area contributed by atoms with Gasteiger partial charge in [-0.1, -0.05) is 31.9 Å². The number of hydrogen-bond acceptors (Lipinski definition) is 2. The summed E-state index contributed by atoms with van der Waals surface area (Å²) in [6.07, 6.45) is 0.680. The molecule has 6 atom stereocenters. The summed E-state index contributed by atoms with van der Waals surface area (Å²) in [6, 6.07) is 0. The molecule has 2 aliphatic carbocycles. The van der Waals surface area contributed by atoms with Gasteiger partial charge in [0.2, 0.25) is 0 Å². The van der Waals surface area contributed by atoms with Crippen LogP contribution in [0, 0.1) is 23.7 Å². The number of aliphatic carboxylic acids is 2. The smallest absolute Gasteiger partial charge is 0.307 e. The van der Waals surface area contributed by atoms with E-state index in [2.05, 4.69) is 31.9 Å². The van der Waals surface area contributed by atoms with Crippen molar-refractivity contribution in [3.05, 3.63) is 0 Å². The molecule has 2 bridgehead atoms. The molecule has 0 aromatic rings. The third-order valence-corrected chi connectivity index (χ3v) is 6.75. The van der Waals surface area contributed by atoms with Gasteiger partial charge in [-0.3, -0.25) is 9.59 Å². The van der Waals surface area contributed by atoms with Gasteiger partial charge in [-0.05, 0) is 18.3 Å². The molecule has 15 heavy (non-hydrogen) atoms. The number of alkyl halides is 2. The third-order valence-electron chi connectivity index (χ3n) is 3.55. The Hall–Kier alpha value is -0.100. The van der Waals surface area contributed by atoms with Gasteiger partial charge in [0.1, 0.15) is 0 Å². The Balaban J connectivity index is 2.32. The first-order chi connectivity index (χ1) is 6.95. The average molecular weight is 342 g/mol. The predicted octanol–water partition coefficient (Wildman–Crippen LogP) is 1.56. The number of rotatable bonds is 2. The summed E-state index contributed by atoms with van der Waals surface area (Å²) >= 11 is 6.89. The molecule has 2 aliphatic rings. The van der Waals surface area contributed by atoms with Crippen molar-refractivity contribution in [2.75, 3.05) is 0 Å². The largest absolute Gasteiger partial charge is 0.481 e. The van der Waals surface area contributed by atoms with E-state index in [0.29, 0.717) is 6.42 Å². The van der Waals surface area contributed by atoms with Crippen LogP contribution in [0.3, 0.4) is 0 Å². The average Bonchev–Trinajstić information content (AvgIpc) is 2.64. The Kier molecular flexibility index (Phi) is 2.83. The summed E-state index contributed by atoms with van der Waals surface area (Å²) in [6.45, 7) is 0. The number of halogens is 2. The molecule has 2 fully saturated rings. The molecule has 2 rings (SSSR count). The molecule has 0 aromatic carbocycles. The van der Waals surface area contributed by atoms with Crippen LogP contribution in [-0.2, 0) is 9.59 Å². The van der Waals surface area contributed by atoms with Crippen molar-refractivity contribution in [2.45, 2.75) is 16.1 Å². The maximum Gasteiger partial charge on any atom is 0.307 e. The second-order valence-corrected chi connectivity index (χ2v) is 6.29. The molecule has 0 amide bonds. The zero-order chi connectivity index (χ0) is 11.3. The van der Waals surface area contributed by atoms with E-state index in [0.717, 1.165) is 0 Å². The summed E-state index contributed by atoms with van der Waals surface area (Å²) < 4.78 is 0. The van der Waals surface area contributed by atoms with Gasteiger partial charge in [-0.15, -0.1) is 0 Å². The van der Waals surface area contributed by atoms with Gasteiger partial charge in [0.05, 0.1) is 11.8 Å². The Bertz CT molecular complexity index is 289. The topological polar surface area (TPSA) is 74.6 Å². The Labute approximate surface area is 103 Å². The number of hydrogen-bond donors (Lipinski definition) is 2. The van der Waals surface area contributed by atoms with E-state index in [1.807, 2.05) is 0 Å². The molecule has 2 N–H and O–H groups in total. The van der Waals surface area contributed by atoms with Crippen LogP contribution in [0.2, 0.25) is 0 Å². The Morgan fingerprint density at radius 2 is 1.27 bits per heavy atom. The van der Waals surface area contributed by atoms with Gasteiger partial charge in [-0.2, -0.15) is 0 Å². The molecule has 0 spiro atoms. The fraction of sp³-hybridized carbons (Fsp3) is 0.778. The van der Waals surface area contributed by atoms with Crippen molar-refractivity contribution >= 4 is 43.8 Å². The highest BCUT2D eigenvalue weighted by Gasteiger charge is 2.61. The Morgan fingerprint density at radius 1 is 0.933 bits per heavy atom. The minimum absolute atomic E-state index is 0.0687. The Morgan fingerprint density at radius 3 is 1.53 bits per heavy atom. The van der Waals surface area contributed by atoms with Crippen LogP contribution in [-0.4, -0.2) is 31.8 Å². The van der Waals surface area contributed by atoms with E-state index < -0.39 is 23.8 Å². The maximum absolute atomic E-state index is 11.1. The first-order valence-corrected chi connectivity index (χ1v) is 6.52. The molecule has 2 saturated carbocycles. The summed E-state index contributed by atoms with van der Waals surface area (Å²) in [5.74, 6) is -3.61. The van der Waals surface area contributed by atoms with E-state index in [1.165, 1.54) is 0 Å². The quantitative estimate of drug-likeness (QED) is 0.747. The molecule has 6 heteroatoms. The first-order valence-electron chi connectivity index (χ1n) is 4.69. The molecule has 84 valence electrons. The zero-order valence-corrected chi connectivity index (χ0v) is 10.8.